The normalized spacial score (nSPS) is 14.3. The average Bonchev–Trinajstić information content (AvgIpc) is 3.04. The fourth-order valence-electron chi connectivity index (χ4n) is 2.16. The zero-order valence-corrected chi connectivity index (χ0v) is 12.3. The van der Waals surface area contributed by atoms with Gasteiger partial charge in [0.05, 0.1) is 6.54 Å². The Labute approximate surface area is 124 Å². The second-order valence-corrected chi connectivity index (χ2v) is 4.78. The molecule has 4 N–H and O–H groups in total. The number of carbonyl (C=O) groups is 1. The van der Waals surface area contributed by atoms with Gasteiger partial charge in [0.15, 0.2) is 5.82 Å². The van der Waals surface area contributed by atoms with Crippen molar-refractivity contribution < 1.29 is 9.53 Å². The van der Waals surface area contributed by atoms with Crippen LogP contribution >= 0.6 is 0 Å². The third-order valence-corrected chi connectivity index (χ3v) is 3.24. The van der Waals surface area contributed by atoms with Crippen molar-refractivity contribution in [1.82, 2.24) is 14.9 Å². The van der Waals surface area contributed by atoms with Crippen molar-refractivity contribution in [3.05, 3.63) is 11.9 Å². The lowest BCUT2D eigenvalue weighted by molar-refractivity contribution is -0.128. The number of nitrogen functional groups attached to an aromatic ring is 1. The average molecular weight is 294 g/mol. The van der Waals surface area contributed by atoms with Gasteiger partial charge < -0.3 is 20.4 Å². The molecular formula is C13H22N6O2. The molecule has 0 aliphatic carbocycles. The SMILES string of the molecule is CCOCc1nc(NN)cc(NCC(=O)N2CCCC2)n1. The van der Waals surface area contributed by atoms with Crippen LogP contribution < -0.4 is 16.6 Å². The summed E-state index contributed by atoms with van der Waals surface area (Å²) in [6, 6.07) is 1.66. The van der Waals surface area contributed by atoms with E-state index in [9.17, 15) is 4.79 Å². The van der Waals surface area contributed by atoms with Crippen LogP contribution in [0.1, 0.15) is 25.6 Å². The van der Waals surface area contributed by atoms with E-state index < -0.39 is 0 Å². The molecule has 0 unspecified atom stereocenters. The number of amides is 1. The minimum Gasteiger partial charge on any atom is -0.374 e. The topological polar surface area (TPSA) is 105 Å². The summed E-state index contributed by atoms with van der Waals surface area (Å²) >= 11 is 0. The molecule has 2 heterocycles. The maximum atomic E-state index is 12.0. The van der Waals surface area contributed by atoms with Gasteiger partial charge in [-0.25, -0.2) is 15.8 Å². The van der Waals surface area contributed by atoms with Gasteiger partial charge in [0.25, 0.3) is 0 Å². The highest BCUT2D eigenvalue weighted by atomic mass is 16.5. The van der Waals surface area contributed by atoms with Gasteiger partial charge in [-0.1, -0.05) is 0 Å². The zero-order chi connectivity index (χ0) is 15.1. The molecule has 0 radical (unpaired) electrons. The number of hydrogen-bond acceptors (Lipinski definition) is 7. The Morgan fingerprint density at radius 1 is 1.38 bits per heavy atom. The standard InChI is InChI=1S/C13H22N6O2/c1-2-21-9-12-16-10(7-11(17-12)18-14)15-8-13(20)19-5-3-4-6-19/h7H,2-6,8-9,14H2,1H3,(H2,15,16,17,18). The Balaban J connectivity index is 1.95. The summed E-state index contributed by atoms with van der Waals surface area (Å²) in [5, 5.41) is 3.02. The summed E-state index contributed by atoms with van der Waals surface area (Å²) in [6.45, 7) is 4.69. The fraction of sp³-hybridized carbons (Fsp3) is 0.615. The highest BCUT2D eigenvalue weighted by Crippen LogP contribution is 2.12. The molecule has 0 atom stereocenters. The number of nitrogens with zero attached hydrogens (tertiary/aromatic N) is 3. The van der Waals surface area contributed by atoms with Gasteiger partial charge in [-0.2, -0.15) is 0 Å². The summed E-state index contributed by atoms with van der Waals surface area (Å²) in [4.78, 5) is 22.3. The van der Waals surface area contributed by atoms with E-state index >= 15 is 0 Å². The third kappa shape index (κ3) is 4.54. The summed E-state index contributed by atoms with van der Waals surface area (Å²) < 4.78 is 5.28. The van der Waals surface area contributed by atoms with Crippen LogP contribution in [0.25, 0.3) is 0 Å². The van der Waals surface area contributed by atoms with E-state index in [1.54, 1.807) is 6.07 Å². The number of hydrazine groups is 1. The number of hydrogen-bond donors (Lipinski definition) is 3. The lowest BCUT2D eigenvalue weighted by Gasteiger charge is -2.16. The number of nitrogens with one attached hydrogen (secondary N) is 2. The van der Waals surface area contributed by atoms with E-state index in [1.165, 1.54) is 0 Å². The Morgan fingerprint density at radius 2 is 2.10 bits per heavy atom. The van der Waals surface area contributed by atoms with Crippen LogP contribution in [0.3, 0.4) is 0 Å². The number of ether oxygens (including phenoxy) is 1. The van der Waals surface area contributed by atoms with E-state index in [-0.39, 0.29) is 12.5 Å². The molecule has 1 aliphatic rings. The summed E-state index contributed by atoms with van der Waals surface area (Å²) in [6.07, 6.45) is 2.16. The van der Waals surface area contributed by atoms with Crippen molar-refractivity contribution in [2.75, 3.05) is 37.0 Å². The minimum atomic E-state index is 0.0831. The lowest BCUT2D eigenvalue weighted by Crippen LogP contribution is -2.33. The molecule has 1 aliphatic heterocycles. The van der Waals surface area contributed by atoms with Crippen molar-refractivity contribution in [3.8, 4) is 0 Å². The number of carbonyl (C=O) groups excluding carboxylic acids is 1. The molecule has 0 aromatic carbocycles. The van der Waals surface area contributed by atoms with Gasteiger partial charge in [0.1, 0.15) is 18.2 Å². The second-order valence-electron chi connectivity index (χ2n) is 4.78. The molecule has 21 heavy (non-hydrogen) atoms. The van der Waals surface area contributed by atoms with Crippen molar-refractivity contribution in [1.29, 1.82) is 0 Å². The Kier molecular flexibility index (Phi) is 5.70. The van der Waals surface area contributed by atoms with Crippen LogP contribution in [0, 0.1) is 0 Å². The molecule has 2 rings (SSSR count). The molecule has 0 saturated carbocycles. The van der Waals surface area contributed by atoms with E-state index in [0.717, 1.165) is 25.9 Å². The van der Waals surface area contributed by atoms with Crippen molar-refractivity contribution in [2.45, 2.75) is 26.4 Å². The number of aromatic nitrogens is 2. The van der Waals surface area contributed by atoms with Crippen molar-refractivity contribution >= 4 is 17.5 Å². The Morgan fingerprint density at radius 3 is 2.76 bits per heavy atom. The largest absolute Gasteiger partial charge is 0.374 e. The predicted molar refractivity (Wildman–Crippen MR) is 79.5 cm³/mol. The molecule has 116 valence electrons. The van der Waals surface area contributed by atoms with E-state index in [0.29, 0.717) is 30.7 Å². The summed E-state index contributed by atoms with van der Waals surface area (Å²) in [5.74, 6) is 7.03. The molecule has 1 amide bonds. The molecule has 1 fully saturated rings. The van der Waals surface area contributed by atoms with Gasteiger partial charge in [-0.05, 0) is 19.8 Å². The summed E-state index contributed by atoms with van der Waals surface area (Å²) in [5.41, 5.74) is 2.48. The zero-order valence-electron chi connectivity index (χ0n) is 12.3. The first-order valence-electron chi connectivity index (χ1n) is 7.17. The number of rotatable bonds is 7. The van der Waals surface area contributed by atoms with Crippen LogP contribution in [0.2, 0.25) is 0 Å². The van der Waals surface area contributed by atoms with E-state index in [2.05, 4.69) is 20.7 Å². The van der Waals surface area contributed by atoms with Gasteiger partial charge in [0.2, 0.25) is 5.91 Å². The van der Waals surface area contributed by atoms with Gasteiger partial charge in [0, 0.05) is 25.8 Å². The van der Waals surface area contributed by atoms with Crippen molar-refractivity contribution in [3.63, 3.8) is 0 Å². The van der Waals surface area contributed by atoms with Gasteiger partial charge in [-0.15, -0.1) is 0 Å². The molecule has 1 aromatic rings. The second kappa shape index (κ2) is 7.75. The first kappa shape index (κ1) is 15.5. The van der Waals surface area contributed by atoms with Gasteiger partial charge >= 0.3 is 0 Å². The Hall–Kier alpha value is -1.93. The van der Waals surface area contributed by atoms with E-state index in [4.69, 9.17) is 10.6 Å². The van der Waals surface area contributed by atoms with Gasteiger partial charge in [-0.3, -0.25) is 4.79 Å². The number of nitrogens with two attached hydrogens (primary N) is 1. The monoisotopic (exact) mass is 294 g/mol. The lowest BCUT2D eigenvalue weighted by atomic mass is 10.4. The highest BCUT2D eigenvalue weighted by Gasteiger charge is 2.17. The minimum absolute atomic E-state index is 0.0831. The van der Waals surface area contributed by atoms with Crippen LogP contribution in [-0.2, 0) is 16.1 Å². The first-order chi connectivity index (χ1) is 10.2. The first-order valence-corrected chi connectivity index (χ1v) is 7.17. The molecule has 0 spiro atoms. The van der Waals surface area contributed by atoms with Crippen LogP contribution in [-0.4, -0.2) is 47.0 Å². The smallest absolute Gasteiger partial charge is 0.241 e. The Bertz CT molecular complexity index is 476. The predicted octanol–water partition coefficient (Wildman–Crippen LogP) is 0.333. The maximum absolute atomic E-state index is 12.0. The summed E-state index contributed by atoms with van der Waals surface area (Å²) in [7, 11) is 0. The molecular weight excluding hydrogens is 272 g/mol. The molecule has 0 bridgehead atoms. The number of likely N-dealkylation sites (tertiary alicyclic amines) is 1. The molecule has 8 heteroatoms. The van der Waals surface area contributed by atoms with Crippen LogP contribution in [0.5, 0.6) is 0 Å². The van der Waals surface area contributed by atoms with Crippen LogP contribution in [0.15, 0.2) is 6.07 Å². The highest BCUT2D eigenvalue weighted by molar-refractivity contribution is 5.80. The van der Waals surface area contributed by atoms with Crippen molar-refractivity contribution in [2.24, 2.45) is 5.84 Å². The molecule has 8 nitrogen and oxygen atoms in total. The fourth-order valence-corrected chi connectivity index (χ4v) is 2.16. The maximum Gasteiger partial charge on any atom is 0.241 e. The molecule has 1 aromatic heterocycles. The van der Waals surface area contributed by atoms with Crippen LogP contribution in [0.4, 0.5) is 11.6 Å². The number of anilines is 2. The third-order valence-electron chi connectivity index (χ3n) is 3.24. The molecule has 1 saturated heterocycles. The van der Waals surface area contributed by atoms with E-state index in [1.807, 2.05) is 11.8 Å². The quantitative estimate of drug-likeness (QED) is 0.491.